The van der Waals surface area contributed by atoms with Crippen LogP contribution in [0.15, 0.2) is 18.2 Å². The first-order valence-corrected chi connectivity index (χ1v) is 5.87. The van der Waals surface area contributed by atoms with Crippen molar-refractivity contribution in [1.29, 1.82) is 0 Å². The molecule has 1 aromatic rings. The Kier molecular flexibility index (Phi) is 4.78. The molecule has 0 bridgehead atoms. The van der Waals surface area contributed by atoms with Crippen molar-refractivity contribution in [3.63, 3.8) is 0 Å². The van der Waals surface area contributed by atoms with Crippen molar-refractivity contribution in [3.8, 4) is 0 Å². The lowest BCUT2D eigenvalue weighted by molar-refractivity contribution is -0.145. The lowest BCUT2D eigenvalue weighted by Crippen LogP contribution is -2.50. The molecule has 3 nitrogen and oxygen atoms in total. The molecular weight excluding hydrogens is 240 g/mol. The second kappa shape index (κ2) is 5.91. The third-order valence-corrected chi connectivity index (χ3v) is 3.23. The maximum absolute atomic E-state index is 13.0. The predicted molar refractivity (Wildman–Crippen MR) is 64.1 cm³/mol. The number of nitrogens with one attached hydrogen (secondary N) is 1. The van der Waals surface area contributed by atoms with E-state index in [2.05, 4.69) is 5.32 Å². The zero-order chi connectivity index (χ0) is 13.8. The van der Waals surface area contributed by atoms with Crippen LogP contribution in [-0.4, -0.2) is 16.6 Å². The Hall–Kier alpha value is -1.49. The summed E-state index contributed by atoms with van der Waals surface area (Å²) in [6, 6.07) is 3.54. The normalized spacial score (nSPS) is 11.6. The summed E-state index contributed by atoms with van der Waals surface area (Å²) in [7, 11) is 0. The fourth-order valence-electron chi connectivity index (χ4n) is 1.80. The minimum Gasteiger partial charge on any atom is -0.480 e. The SMILES string of the molecule is CCC(CC)(NCc1ccc(F)c(F)c1)C(=O)O. The Bertz CT molecular complexity index is 431. The second-order valence-corrected chi connectivity index (χ2v) is 4.20. The van der Waals surface area contributed by atoms with E-state index in [9.17, 15) is 18.7 Å². The van der Waals surface area contributed by atoms with Crippen LogP contribution in [0.25, 0.3) is 0 Å². The van der Waals surface area contributed by atoms with E-state index in [1.165, 1.54) is 6.07 Å². The average molecular weight is 257 g/mol. The van der Waals surface area contributed by atoms with Gasteiger partial charge >= 0.3 is 5.97 Å². The van der Waals surface area contributed by atoms with Gasteiger partial charge in [-0.15, -0.1) is 0 Å². The minimum atomic E-state index is -1.02. The standard InChI is InChI=1S/C13H17F2NO2/c1-3-13(4-2,12(17)18)16-8-9-5-6-10(14)11(15)7-9/h5-7,16H,3-4,8H2,1-2H3,(H,17,18). The number of hydrogen-bond acceptors (Lipinski definition) is 2. The highest BCUT2D eigenvalue weighted by Crippen LogP contribution is 2.17. The van der Waals surface area contributed by atoms with Crippen LogP contribution in [0, 0.1) is 11.6 Å². The molecule has 0 aliphatic carbocycles. The van der Waals surface area contributed by atoms with Gasteiger partial charge in [0.15, 0.2) is 11.6 Å². The maximum atomic E-state index is 13.0. The van der Waals surface area contributed by atoms with Crippen molar-refractivity contribution in [1.82, 2.24) is 5.32 Å². The lowest BCUT2D eigenvalue weighted by Gasteiger charge is -2.28. The molecule has 0 atom stereocenters. The van der Waals surface area contributed by atoms with Crippen molar-refractivity contribution in [2.24, 2.45) is 0 Å². The Morgan fingerprint density at radius 2 is 1.89 bits per heavy atom. The van der Waals surface area contributed by atoms with Gasteiger partial charge in [-0.25, -0.2) is 8.78 Å². The highest BCUT2D eigenvalue weighted by Gasteiger charge is 2.33. The topological polar surface area (TPSA) is 49.3 Å². The fraction of sp³-hybridized carbons (Fsp3) is 0.462. The molecule has 1 aromatic carbocycles. The molecule has 2 N–H and O–H groups in total. The number of aliphatic carboxylic acids is 1. The van der Waals surface area contributed by atoms with Gasteiger partial charge in [-0.05, 0) is 30.5 Å². The lowest BCUT2D eigenvalue weighted by atomic mass is 9.92. The first kappa shape index (κ1) is 14.6. The van der Waals surface area contributed by atoms with E-state index in [1.807, 2.05) is 0 Å². The van der Waals surface area contributed by atoms with E-state index >= 15 is 0 Å². The van der Waals surface area contributed by atoms with Gasteiger partial charge in [0.1, 0.15) is 5.54 Å². The van der Waals surface area contributed by atoms with Gasteiger partial charge in [0.25, 0.3) is 0 Å². The zero-order valence-corrected chi connectivity index (χ0v) is 10.5. The summed E-state index contributed by atoms with van der Waals surface area (Å²) in [6.45, 7) is 3.73. The van der Waals surface area contributed by atoms with Crippen molar-refractivity contribution in [2.75, 3.05) is 0 Å². The molecule has 0 heterocycles. The summed E-state index contributed by atoms with van der Waals surface area (Å²) in [5.74, 6) is -2.77. The monoisotopic (exact) mass is 257 g/mol. The van der Waals surface area contributed by atoms with Gasteiger partial charge in [0.05, 0.1) is 0 Å². The van der Waals surface area contributed by atoms with Crippen LogP contribution in [-0.2, 0) is 11.3 Å². The van der Waals surface area contributed by atoms with Gasteiger partial charge in [0, 0.05) is 6.54 Å². The Labute approximate surface area is 105 Å². The van der Waals surface area contributed by atoms with Crippen molar-refractivity contribution in [3.05, 3.63) is 35.4 Å². The number of rotatable bonds is 6. The molecule has 0 aliphatic heterocycles. The summed E-state index contributed by atoms with van der Waals surface area (Å²) < 4.78 is 25.7. The van der Waals surface area contributed by atoms with Crippen LogP contribution in [0.4, 0.5) is 8.78 Å². The average Bonchev–Trinajstić information content (AvgIpc) is 2.35. The zero-order valence-electron chi connectivity index (χ0n) is 10.5. The van der Waals surface area contributed by atoms with Crippen molar-refractivity contribution < 1.29 is 18.7 Å². The maximum Gasteiger partial charge on any atom is 0.323 e. The highest BCUT2D eigenvalue weighted by molar-refractivity contribution is 5.78. The number of halogens is 2. The quantitative estimate of drug-likeness (QED) is 0.823. The van der Waals surface area contributed by atoms with E-state index in [-0.39, 0.29) is 6.54 Å². The molecule has 0 saturated carbocycles. The van der Waals surface area contributed by atoms with Gasteiger partial charge in [-0.2, -0.15) is 0 Å². The largest absolute Gasteiger partial charge is 0.480 e. The summed E-state index contributed by atoms with van der Waals surface area (Å²) >= 11 is 0. The van der Waals surface area contributed by atoms with E-state index in [4.69, 9.17) is 0 Å². The highest BCUT2D eigenvalue weighted by atomic mass is 19.2. The first-order valence-electron chi connectivity index (χ1n) is 5.87. The van der Waals surface area contributed by atoms with Crippen LogP contribution in [0.3, 0.4) is 0 Å². The van der Waals surface area contributed by atoms with E-state index in [1.54, 1.807) is 13.8 Å². The van der Waals surface area contributed by atoms with Crippen LogP contribution in [0.5, 0.6) is 0 Å². The second-order valence-electron chi connectivity index (χ2n) is 4.20. The van der Waals surface area contributed by atoms with Gasteiger partial charge < -0.3 is 5.11 Å². The number of hydrogen-bond donors (Lipinski definition) is 2. The van der Waals surface area contributed by atoms with E-state index in [0.717, 1.165) is 12.1 Å². The fourth-order valence-corrected chi connectivity index (χ4v) is 1.80. The summed E-state index contributed by atoms with van der Waals surface area (Å²) in [5.41, 5.74) is -0.508. The molecular formula is C13H17F2NO2. The van der Waals surface area contributed by atoms with Crippen molar-refractivity contribution in [2.45, 2.75) is 38.8 Å². The molecule has 0 radical (unpaired) electrons. The molecule has 18 heavy (non-hydrogen) atoms. The molecule has 0 aliphatic rings. The third kappa shape index (κ3) is 3.04. The van der Waals surface area contributed by atoms with Crippen LogP contribution < -0.4 is 5.32 Å². The molecule has 0 unspecified atom stereocenters. The van der Waals surface area contributed by atoms with Gasteiger partial charge in [0.2, 0.25) is 0 Å². The molecule has 0 aromatic heterocycles. The molecule has 100 valence electrons. The van der Waals surface area contributed by atoms with E-state index < -0.39 is 23.1 Å². The molecule has 0 amide bonds. The van der Waals surface area contributed by atoms with E-state index in [0.29, 0.717) is 18.4 Å². The molecule has 0 saturated heterocycles. The first-order chi connectivity index (χ1) is 8.45. The summed E-state index contributed by atoms with van der Waals surface area (Å²) in [6.07, 6.45) is 0.838. The van der Waals surface area contributed by atoms with Crippen LogP contribution in [0.1, 0.15) is 32.3 Å². The Morgan fingerprint density at radius 3 is 2.33 bits per heavy atom. The van der Waals surface area contributed by atoms with Crippen LogP contribution >= 0.6 is 0 Å². The summed E-state index contributed by atoms with van der Waals surface area (Å²) in [4.78, 5) is 11.2. The minimum absolute atomic E-state index is 0.186. The Morgan fingerprint density at radius 1 is 1.28 bits per heavy atom. The molecule has 5 heteroatoms. The molecule has 1 rings (SSSR count). The number of benzene rings is 1. The van der Waals surface area contributed by atoms with Crippen LogP contribution in [0.2, 0.25) is 0 Å². The van der Waals surface area contributed by atoms with Gasteiger partial charge in [-0.1, -0.05) is 19.9 Å². The number of carboxylic acids is 1. The predicted octanol–water partition coefficient (Wildman–Crippen LogP) is 2.70. The summed E-state index contributed by atoms with van der Waals surface area (Å²) in [5, 5.41) is 12.1. The number of carbonyl (C=O) groups is 1. The Balaban J connectivity index is 2.79. The smallest absolute Gasteiger partial charge is 0.323 e. The molecule has 0 spiro atoms. The third-order valence-electron chi connectivity index (χ3n) is 3.23. The van der Waals surface area contributed by atoms with Gasteiger partial charge in [-0.3, -0.25) is 10.1 Å². The van der Waals surface area contributed by atoms with Crippen molar-refractivity contribution >= 4 is 5.97 Å². The molecule has 0 fully saturated rings. The number of carboxylic acid groups (broad SMARTS) is 1.